The van der Waals surface area contributed by atoms with Crippen LogP contribution in [0.4, 0.5) is 13.2 Å². The fourth-order valence-electron chi connectivity index (χ4n) is 1.13. The topological polar surface area (TPSA) is 57.0 Å². The van der Waals surface area contributed by atoms with Gasteiger partial charge in [0.2, 0.25) is 0 Å². The summed E-state index contributed by atoms with van der Waals surface area (Å²) >= 11 is 0. The lowest BCUT2D eigenvalue weighted by Crippen LogP contribution is -2.34. The van der Waals surface area contributed by atoms with Crippen molar-refractivity contribution in [2.24, 2.45) is 0 Å². The van der Waals surface area contributed by atoms with Gasteiger partial charge in [-0.25, -0.2) is 0 Å². The lowest BCUT2D eigenvalue weighted by Gasteiger charge is -2.18. The number of hydrogen-bond acceptors (Lipinski definition) is 3. The van der Waals surface area contributed by atoms with E-state index in [4.69, 9.17) is 5.26 Å². The fraction of sp³-hybridized carbons (Fsp3) is 0.364. The SMILES string of the molecule is C[C@H](C#N)N(C)C(=O)c1ccc(C(F)(F)F)cn1. The van der Waals surface area contributed by atoms with Gasteiger partial charge in [0.1, 0.15) is 11.7 Å². The minimum absolute atomic E-state index is 0.132. The largest absolute Gasteiger partial charge is 0.417 e. The number of aromatic nitrogens is 1. The maximum Gasteiger partial charge on any atom is 0.417 e. The lowest BCUT2D eigenvalue weighted by molar-refractivity contribution is -0.137. The maximum absolute atomic E-state index is 12.3. The van der Waals surface area contributed by atoms with Gasteiger partial charge in [0.15, 0.2) is 0 Å². The molecule has 0 aliphatic carbocycles. The van der Waals surface area contributed by atoms with E-state index in [-0.39, 0.29) is 5.69 Å². The third-order valence-corrected chi connectivity index (χ3v) is 2.40. The van der Waals surface area contributed by atoms with Gasteiger partial charge in [0.25, 0.3) is 5.91 Å². The zero-order valence-electron chi connectivity index (χ0n) is 9.69. The van der Waals surface area contributed by atoms with Crippen LogP contribution in [-0.2, 0) is 6.18 Å². The lowest BCUT2D eigenvalue weighted by atomic mass is 10.2. The Balaban J connectivity index is 2.93. The highest BCUT2D eigenvalue weighted by Gasteiger charge is 2.31. The highest BCUT2D eigenvalue weighted by atomic mass is 19.4. The van der Waals surface area contributed by atoms with E-state index in [0.717, 1.165) is 17.0 Å². The van der Waals surface area contributed by atoms with Crippen LogP contribution in [0.3, 0.4) is 0 Å². The molecular weight excluding hydrogens is 247 g/mol. The van der Waals surface area contributed by atoms with Crippen molar-refractivity contribution in [2.75, 3.05) is 7.05 Å². The predicted octanol–water partition coefficient (Wildman–Crippen LogP) is 2.08. The molecular formula is C11H10F3N3O. The second kappa shape index (κ2) is 5.04. The average molecular weight is 257 g/mol. The Bertz CT molecular complexity index is 476. The fourth-order valence-corrected chi connectivity index (χ4v) is 1.13. The molecule has 0 spiro atoms. The summed E-state index contributed by atoms with van der Waals surface area (Å²) in [4.78, 5) is 16.3. The van der Waals surface area contributed by atoms with E-state index < -0.39 is 23.7 Å². The van der Waals surface area contributed by atoms with Crippen LogP contribution in [0.25, 0.3) is 0 Å². The first-order valence-corrected chi connectivity index (χ1v) is 4.97. The molecule has 0 N–H and O–H groups in total. The predicted molar refractivity (Wildman–Crippen MR) is 56.4 cm³/mol. The minimum Gasteiger partial charge on any atom is -0.325 e. The zero-order chi connectivity index (χ0) is 13.9. The number of alkyl halides is 3. The molecule has 1 atom stereocenters. The second-order valence-electron chi connectivity index (χ2n) is 3.65. The van der Waals surface area contributed by atoms with Crippen molar-refractivity contribution in [2.45, 2.75) is 19.1 Å². The van der Waals surface area contributed by atoms with E-state index in [2.05, 4.69) is 4.98 Å². The van der Waals surface area contributed by atoms with Gasteiger partial charge in [0.05, 0.1) is 11.6 Å². The van der Waals surface area contributed by atoms with E-state index in [9.17, 15) is 18.0 Å². The van der Waals surface area contributed by atoms with Gasteiger partial charge in [-0.2, -0.15) is 18.4 Å². The quantitative estimate of drug-likeness (QED) is 0.815. The van der Waals surface area contributed by atoms with Crippen molar-refractivity contribution < 1.29 is 18.0 Å². The Hall–Kier alpha value is -2.10. The molecule has 0 aliphatic heterocycles. The molecule has 0 saturated carbocycles. The van der Waals surface area contributed by atoms with E-state index in [1.807, 2.05) is 6.07 Å². The molecule has 1 amide bonds. The Labute approximate surface area is 102 Å². The molecule has 18 heavy (non-hydrogen) atoms. The first-order valence-electron chi connectivity index (χ1n) is 4.97. The highest BCUT2D eigenvalue weighted by molar-refractivity contribution is 5.92. The van der Waals surface area contributed by atoms with E-state index in [1.165, 1.54) is 14.0 Å². The van der Waals surface area contributed by atoms with Crippen molar-refractivity contribution in [1.29, 1.82) is 5.26 Å². The van der Waals surface area contributed by atoms with Crippen LogP contribution in [0.2, 0.25) is 0 Å². The van der Waals surface area contributed by atoms with Crippen LogP contribution in [0.5, 0.6) is 0 Å². The van der Waals surface area contributed by atoms with Gasteiger partial charge in [-0.05, 0) is 19.1 Å². The summed E-state index contributed by atoms with van der Waals surface area (Å²) in [6.45, 7) is 1.50. The maximum atomic E-state index is 12.3. The van der Waals surface area contributed by atoms with Crippen molar-refractivity contribution in [1.82, 2.24) is 9.88 Å². The zero-order valence-corrected chi connectivity index (χ0v) is 9.69. The number of amides is 1. The van der Waals surface area contributed by atoms with E-state index in [1.54, 1.807) is 0 Å². The molecule has 0 bridgehead atoms. The minimum atomic E-state index is -4.49. The average Bonchev–Trinajstić information content (AvgIpc) is 2.35. The number of hydrogen-bond donors (Lipinski definition) is 0. The summed E-state index contributed by atoms with van der Waals surface area (Å²) in [6.07, 6.45) is -3.89. The number of carbonyl (C=O) groups is 1. The molecule has 0 radical (unpaired) electrons. The van der Waals surface area contributed by atoms with Crippen molar-refractivity contribution in [3.63, 3.8) is 0 Å². The molecule has 1 aromatic heterocycles. The second-order valence-corrected chi connectivity index (χ2v) is 3.65. The van der Waals surface area contributed by atoms with Crippen LogP contribution >= 0.6 is 0 Å². The van der Waals surface area contributed by atoms with Gasteiger partial charge in [-0.15, -0.1) is 0 Å². The smallest absolute Gasteiger partial charge is 0.325 e. The van der Waals surface area contributed by atoms with Crippen LogP contribution < -0.4 is 0 Å². The Morgan fingerprint density at radius 3 is 2.50 bits per heavy atom. The first kappa shape index (κ1) is 14.0. The molecule has 0 aliphatic rings. The number of halogens is 3. The number of carbonyl (C=O) groups excluding carboxylic acids is 1. The standard InChI is InChI=1S/C11H10F3N3O/c1-7(5-15)17(2)10(18)9-4-3-8(6-16-9)11(12,13)14/h3-4,6-7H,1-2H3/t7-/m1/s1. The molecule has 0 unspecified atom stereocenters. The van der Waals surface area contributed by atoms with Gasteiger partial charge in [-0.1, -0.05) is 0 Å². The Kier molecular flexibility index (Phi) is 3.91. The molecule has 0 saturated heterocycles. The monoisotopic (exact) mass is 257 g/mol. The van der Waals surface area contributed by atoms with Gasteiger partial charge < -0.3 is 4.90 Å². The molecule has 1 rings (SSSR count). The van der Waals surface area contributed by atoms with Gasteiger partial charge >= 0.3 is 6.18 Å². The van der Waals surface area contributed by atoms with Crippen molar-refractivity contribution in [3.05, 3.63) is 29.6 Å². The number of rotatable bonds is 2. The Morgan fingerprint density at radius 2 is 2.11 bits per heavy atom. The van der Waals surface area contributed by atoms with Crippen LogP contribution in [0, 0.1) is 11.3 Å². The van der Waals surface area contributed by atoms with Gasteiger partial charge in [-0.3, -0.25) is 9.78 Å². The van der Waals surface area contributed by atoms with Crippen molar-refractivity contribution in [3.8, 4) is 6.07 Å². The van der Waals surface area contributed by atoms with E-state index in [0.29, 0.717) is 6.20 Å². The summed E-state index contributed by atoms with van der Waals surface area (Å²) in [7, 11) is 1.38. The summed E-state index contributed by atoms with van der Waals surface area (Å²) in [5, 5.41) is 8.64. The first-order chi connectivity index (χ1) is 8.27. The molecule has 4 nitrogen and oxygen atoms in total. The van der Waals surface area contributed by atoms with Crippen molar-refractivity contribution >= 4 is 5.91 Å². The third kappa shape index (κ3) is 2.97. The van der Waals surface area contributed by atoms with Crippen LogP contribution in [0.1, 0.15) is 23.0 Å². The summed E-state index contributed by atoms with van der Waals surface area (Å²) in [5.74, 6) is -0.599. The number of nitrogens with zero attached hydrogens (tertiary/aromatic N) is 3. The summed E-state index contributed by atoms with van der Waals surface area (Å²) in [6, 6.07) is 2.94. The molecule has 1 heterocycles. The molecule has 0 fully saturated rings. The molecule has 96 valence electrons. The van der Waals surface area contributed by atoms with Gasteiger partial charge in [0, 0.05) is 13.2 Å². The third-order valence-electron chi connectivity index (χ3n) is 2.40. The summed E-state index contributed by atoms with van der Waals surface area (Å²) < 4.78 is 36.9. The normalized spacial score (nSPS) is 12.7. The molecule has 1 aromatic rings. The Morgan fingerprint density at radius 1 is 1.50 bits per heavy atom. The number of nitriles is 1. The van der Waals surface area contributed by atoms with Crippen LogP contribution in [-0.4, -0.2) is 28.9 Å². The number of pyridine rings is 1. The summed E-state index contributed by atoms with van der Waals surface area (Å²) in [5.41, 5.74) is -1.05. The van der Waals surface area contributed by atoms with E-state index >= 15 is 0 Å². The molecule has 7 heteroatoms. The van der Waals surface area contributed by atoms with Crippen LogP contribution in [0.15, 0.2) is 18.3 Å². The molecule has 0 aromatic carbocycles. The highest BCUT2D eigenvalue weighted by Crippen LogP contribution is 2.28.